The lowest BCUT2D eigenvalue weighted by Crippen LogP contribution is -2.35. The van der Waals surface area contributed by atoms with E-state index in [9.17, 15) is 0 Å². The van der Waals surface area contributed by atoms with Crippen molar-refractivity contribution < 1.29 is 0 Å². The second-order valence-electron chi connectivity index (χ2n) is 5.63. The quantitative estimate of drug-likeness (QED) is 0.846. The van der Waals surface area contributed by atoms with Gasteiger partial charge in [-0.15, -0.1) is 0 Å². The smallest absolute Gasteiger partial charge is 0.107 e. The highest BCUT2D eigenvalue weighted by molar-refractivity contribution is 9.10. The van der Waals surface area contributed by atoms with E-state index in [1.165, 1.54) is 38.0 Å². The zero-order valence-corrected chi connectivity index (χ0v) is 13.9. The highest BCUT2D eigenvalue weighted by Crippen LogP contribution is 2.31. The molecule has 3 nitrogen and oxygen atoms in total. The highest BCUT2D eigenvalue weighted by Gasteiger charge is 2.30. The first-order valence-corrected chi connectivity index (χ1v) is 8.44. The van der Waals surface area contributed by atoms with Crippen molar-refractivity contribution in [3.63, 3.8) is 0 Å². The second-order valence-corrected chi connectivity index (χ2v) is 6.92. The van der Waals surface area contributed by atoms with Crippen molar-refractivity contribution in [1.29, 1.82) is 0 Å². The fourth-order valence-electron chi connectivity index (χ4n) is 3.39. The van der Waals surface area contributed by atoms with Gasteiger partial charge in [0, 0.05) is 34.9 Å². The Morgan fingerprint density at radius 3 is 2.70 bits per heavy atom. The van der Waals surface area contributed by atoms with Gasteiger partial charge >= 0.3 is 0 Å². The first-order valence-electron chi connectivity index (χ1n) is 7.24. The van der Waals surface area contributed by atoms with Crippen molar-refractivity contribution in [3.05, 3.63) is 28.2 Å². The molecule has 2 heterocycles. The molecule has 2 aliphatic heterocycles. The molecule has 2 fully saturated rings. The molecule has 0 aliphatic carbocycles. The van der Waals surface area contributed by atoms with Crippen LogP contribution in [0.4, 0.5) is 5.69 Å². The lowest BCUT2D eigenvalue weighted by atomic mass is 10.1. The first kappa shape index (κ1) is 14.3. The molecule has 2 saturated heterocycles. The molecular formula is C15H20BrN3S. The number of nitrogens with zero attached hydrogens (tertiary/aromatic N) is 2. The number of hydrogen-bond donors (Lipinski definition) is 1. The first-order chi connectivity index (χ1) is 9.66. The van der Waals surface area contributed by atoms with Gasteiger partial charge in [-0.25, -0.2) is 0 Å². The van der Waals surface area contributed by atoms with E-state index in [2.05, 4.69) is 37.9 Å². The van der Waals surface area contributed by atoms with Crippen LogP contribution in [0.3, 0.4) is 0 Å². The van der Waals surface area contributed by atoms with Crippen LogP contribution in [0.5, 0.6) is 0 Å². The number of hydrogen-bond acceptors (Lipinski definition) is 3. The zero-order chi connectivity index (χ0) is 14.1. The van der Waals surface area contributed by atoms with Crippen molar-refractivity contribution in [2.45, 2.75) is 25.3 Å². The van der Waals surface area contributed by atoms with Gasteiger partial charge in [0.05, 0.1) is 0 Å². The summed E-state index contributed by atoms with van der Waals surface area (Å²) in [6.45, 7) is 4.71. The Kier molecular flexibility index (Phi) is 4.29. The minimum atomic E-state index is 0.470. The van der Waals surface area contributed by atoms with Crippen LogP contribution >= 0.6 is 28.1 Å². The maximum Gasteiger partial charge on any atom is 0.107 e. The number of thiocarbonyl (C=S) groups is 1. The van der Waals surface area contributed by atoms with Crippen LogP contribution in [0.15, 0.2) is 22.7 Å². The summed E-state index contributed by atoms with van der Waals surface area (Å²) in [5.41, 5.74) is 8.06. The van der Waals surface area contributed by atoms with Crippen molar-refractivity contribution >= 4 is 38.8 Å². The number of anilines is 1. The van der Waals surface area contributed by atoms with Crippen molar-refractivity contribution in [1.82, 2.24) is 4.90 Å². The molecule has 1 aromatic carbocycles. The number of benzene rings is 1. The van der Waals surface area contributed by atoms with Gasteiger partial charge in [-0.1, -0.05) is 18.3 Å². The van der Waals surface area contributed by atoms with Gasteiger partial charge < -0.3 is 10.6 Å². The zero-order valence-electron chi connectivity index (χ0n) is 11.5. The molecule has 108 valence electrons. The minimum absolute atomic E-state index is 0.470. The molecule has 0 saturated carbocycles. The standard InChI is InChI=1S/C15H20BrN3S/c16-12-4-3-5-13(14(12)15(17)20)19-9-6-11(10-19)18-7-1-2-8-18/h3-5,11H,1-2,6-10H2,(H2,17,20). The minimum Gasteiger partial charge on any atom is -0.389 e. The van der Waals surface area contributed by atoms with Crippen molar-refractivity contribution in [3.8, 4) is 0 Å². The fourth-order valence-corrected chi connectivity index (χ4v) is 4.30. The van der Waals surface area contributed by atoms with Gasteiger partial charge in [-0.2, -0.15) is 0 Å². The topological polar surface area (TPSA) is 32.5 Å². The molecule has 1 unspecified atom stereocenters. The van der Waals surface area contributed by atoms with Gasteiger partial charge in [-0.3, -0.25) is 4.90 Å². The summed E-state index contributed by atoms with van der Waals surface area (Å²) in [4.78, 5) is 5.54. The third-order valence-corrected chi connectivity index (χ3v) is 5.26. The number of likely N-dealkylation sites (tertiary alicyclic amines) is 1. The molecule has 5 heteroatoms. The number of rotatable bonds is 3. The van der Waals surface area contributed by atoms with Crippen LogP contribution in [0.2, 0.25) is 0 Å². The Bertz CT molecular complexity index is 514. The van der Waals surface area contributed by atoms with E-state index in [0.717, 1.165) is 23.1 Å². The summed E-state index contributed by atoms with van der Waals surface area (Å²) < 4.78 is 0.993. The lowest BCUT2D eigenvalue weighted by Gasteiger charge is -2.26. The maximum atomic E-state index is 5.90. The molecule has 0 aromatic heterocycles. The van der Waals surface area contributed by atoms with Crippen LogP contribution in [-0.2, 0) is 0 Å². The van der Waals surface area contributed by atoms with Crippen LogP contribution in [0.25, 0.3) is 0 Å². The highest BCUT2D eigenvalue weighted by atomic mass is 79.9. The predicted octanol–water partition coefficient (Wildman–Crippen LogP) is 2.76. The van der Waals surface area contributed by atoms with Crippen molar-refractivity contribution in [2.24, 2.45) is 5.73 Å². The summed E-state index contributed by atoms with van der Waals surface area (Å²) in [6, 6.07) is 6.89. The van der Waals surface area contributed by atoms with Crippen LogP contribution < -0.4 is 10.6 Å². The van der Waals surface area contributed by atoms with E-state index in [4.69, 9.17) is 18.0 Å². The van der Waals surface area contributed by atoms with Crippen LogP contribution in [0.1, 0.15) is 24.8 Å². The third kappa shape index (κ3) is 2.71. The Morgan fingerprint density at radius 2 is 2.00 bits per heavy atom. The summed E-state index contributed by atoms with van der Waals surface area (Å²) >= 11 is 8.79. The van der Waals surface area contributed by atoms with Crippen LogP contribution in [0, 0.1) is 0 Å². The normalized spacial score (nSPS) is 23.4. The predicted molar refractivity (Wildman–Crippen MR) is 91.5 cm³/mol. The Balaban J connectivity index is 1.80. The summed E-state index contributed by atoms with van der Waals surface area (Å²) in [5.74, 6) is 0. The summed E-state index contributed by atoms with van der Waals surface area (Å²) in [5, 5.41) is 0. The summed E-state index contributed by atoms with van der Waals surface area (Å²) in [6.07, 6.45) is 3.94. The third-order valence-electron chi connectivity index (χ3n) is 4.40. The maximum absolute atomic E-state index is 5.90. The molecule has 2 N–H and O–H groups in total. The second kappa shape index (κ2) is 6.00. The van der Waals surface area contributed by atoms with E-state index in [-0.39, 0.29) is 0 Å². The Hall–Kier alpha value is -0.650. The van der Waals surface area contributed by atoms with E-state index < -0.39 is 0 Å². The Morgan fingerprint density at radius 1 is 1.25 bits per heavy atom. The SMILES string of the molecule is NC(=S)c1c(Br)cccc1N1CCC(N2CCCC2)C1. The molecule has 2 aliphatic rings. The van der Waals surface area contributed by atoms with Gasteiger partial charge in [0.2, 0.25) is 0 Å². The number of nitrogens with two attached hydrogens (primary N) is 1. The monoisotopic (exact) mass is 353 g/mol. The average molecular weight is 354 g/mol. The molecule has 1 aromatic rings. The van der Waals surface area contributed by atoms with Crippen LogP contribution in [-0.4, -0.2) is 42.1 Å². The van der Waals surface area contributed by atoms with Gasteiger partial charge in [-0.05, 0) is 60.4 Å². The average Bonchev–Trinajstić information content (AvgIpc) is 3.09. The molecule has 0 spiro atoms. The van der Waals surface area contributed by atoms with Crippen molar-refractivity contribution in [2.75, 3.05) is 31.1 Å². The lowest BCUT2D eigenvalue weighted by molar-refractivity contribution is 0.260. The molecule has 0 radical (unpaired) electrons. The van der Waals surface area contributed by atoms with E-state index in [0.29, 0.717) is 11.0 Å². The fraction of sp³-hybridized carbons (Fsp3) is 0.533. The molecule has 1 atom stereocenters. The Labute approximate surface area is 134 Å². The van der Waals surface area contributed by atoms with E-state index in [1.807, 2.05) is 6.07 Å². The van der Waals surface area contributed by atoms with E-state index in [1.54, 1.807) is 0 Å². The molecule has 0 amide bonds. The molecule has 20 heavy (non-hydrogen) atoms. The summed E-state index contributed by atoms with van der Waals surface area (Å²) in [7, 11) is 0. The number of halogens is 1. The van der Waals surface area contributed by atoms with Gasteiger partial charge in [0.15, 0.2) is 0 Å². The van der Waals surface area contributed by atoms with E-state index >= 15 is 0 Å². The molecule has 3 rings (SSSR count). The largest absolute Gasteiger partial charge is 0.389 e. The molecule has 0 bridgehead atoms. The van der Waals surface area contributed by atoms with Gasteiger partial charge in [0.25, 0.3) is 0 Å². The molecular weight excluding hydrogens is 334 g/mol. The van der Waals surface area contributed by atoms with Gasteiger partial charge in [0.1, 0.15) is 4.99 Å².